The molecule has 2 heteroatoms. The van der Waals surface area contributed by atoms with E-state index in [1.54, 1.807) is 0 Å². The first-order chi connectivity index (χ1) is 3.93. The van der Waals surface area contributed by atoms with Crippen molar-refractivity contribution in [1.29, 1.82) is 0 Å². The van der Waals surface area contributed by atoms with E-state index in [0.29, 0.717) is 6.04 Å². The molecule has 47 valence electrons. The molecule has 2 nitrogen and oxygen atoms in total. The van der Waals surface area contributed by atoms with Crippen molar-refractivity contribution in [2.75, 3.05) is 6.54 Å². The molecule has 0 aromatic rings. The molecular weight excluding hydrogens is 100 g/mol. The van der Waals surface area contributed by atoms with Crippen molar-refractivity contribution in [3.63, 3.8) is 0 Å². The molecule has 1 rings (SSSR count). The van der Waals surface area contributed by atoms with Crippen LogP contribution in [-0.4, -0.2) is 12.6 Å². The Morgan fingerprint density at radius 1 is 1.62 bits per heavy atom. The molecule has 8 heavy (non-hydrogen) atoms. The van der Waals surface area contributed by atoms with Gasteiger partial charge in [-0.25, -0.2) is 0 Å². The largest absolute Gasteiger partial charge is 0.258 e. The molecule has 1 fully saturated rings. The molecular formula is C6H13N2. The van der Waals surface area contributed by atoms with Crippen LogP contribution in [0.25, 0.3) is 0 Å². The predicted octanol–water partition coefficient (Wildman–Crippen LogP) is 0.467. The fourth-order valence-corrected chi connectivity index (χ4v) is 0.998. The summed E-state index contributed by atoms with van der Waals surface area (Å²) in [5.74, 6) is 0. The maximum absolute atomic E-state index is 3.78. The molecule has 1 radical (unpaired) electrons. The average Bonchev–Trinajstić information content (AvgIpc) is 2.19. The lowest BCUT2D eigenvalue weighted by molar-refractivity contribution is 0.525. The van der Waals surface area contributed by atoms with Crippen molar-refractivity contribution in [3.05, 3.63) is 6.92 Å². The molecule has 1 atom stereocenters. The van der Waals surface area contributed by atoms with Crippen molar-refractivity contribution in [1.82, 2.24) is 10.9 Å². The molecule has 0 aromatic heterocycles. The fourth-order valence-electron chi connectivity index (χ4n) is 0.998. The molecule has 1 aliphatic rings. The molecule has 0 amide bonds. The van der Waals surface area contributed by atoms with E-state index >= 15 is 0 Å². The topological polar surface area (TPSA) is 24.1 Å². The summed E-state index contributed by atoms with van der Waals surface area (Å²) < 4.78 is 0. The Balaban J connectivity index is 2.06. The van der Waals surface area contributed by atoms with E-state index in [-0.39, 0.29) is 0 Å². The standard InChI is InChI=1S/C6H13N2/c1-2-3-6-4-5-7-8-6/h6-8H,1-5H2. The second-order valence-corrected chi connectivity index (χ2v) is 2.20. The number of hydrogen-bond acceptors (Lipinski definition) is 2. The van der Waals surface area contributed by atoms with Crippen molar-refractivity contribution in [2.24, 2.45) is 0 Å². The van der Waals surface area contributed by atoms with Gasteiger partial charge in [-0.3, -0.25) is 10.9 Å². The summed E-state index contributed by atoms with van der Waals surface area (Å²) in [6, 6.07) is 0.687. The second kappa shape index (κ2) is 3.05. The zero-order chi connectivity index (χ0) is 5.82. The van der Waals surface area contributed by atoms with E-state index in [4.69, 9.17) is 0 Å². The lowest BCUT2D eigenvalue weighted by Gasteiger charge is -2.04. The molecule has 1 aliphatic heterocycles. The summed E-state index contributed by atoms with van der Waals surface area (Å²) in [4.78, 5) is 0. The molecule has 0 saturated carbocycles. The highest BCUT2D eigenvalue weighted by molar-refractivity contribution is 4.71. The van der Waals surface area contributed by atoms with Crippen molar-refractivity contribution in [3.8, 4) is 0 Å². The van der Waals surface area contributed by atoms with Crippen LogP contribution in [0.3, 0.4) is 0 Å². The van der Waals surface area contributed by atoms with Crippen LogP contribution in [0.15, 0.2) is 0 Å². The van der Waals surface area contributed by atoms with Gasteiger partial charge in [0.25, 0.3) is 0 Å². The number of nitrogens with one attached hydrogen (secondary N) is 2. The average molecular weight is 113 g/mol. The van der Waals surface area contributed by atoms with E-state index in [0.717, 1.165) is 13.0 Å². The third kappa shape index (κ3) is 1.46. The van der Waals surface area contributed by atoms with E-state index in [1.165, 1.54) is 12.8 Å². The van der Waals surface area contributed by atoms with Gasteiger partial charge in [0, 0.05) is 12.6 Å². The monoisotopic (exact) mass is 113 g/mol. The minimum absolute atomic E-state index is 0.687. The maximum Gasteiger partial charge on any atom is 0.0225 e. The van der Waals surface area contributed by atoms with Gasteiger partial charge in [0.15, 0.2) is 0 Å². The van der Waals surface area contributed by atoms with Crippen molar-refractivity contribution in [2.45, 2.75) is 25.3 Å². The Morgan fingerprint density at radius 2 is 2.50 bits per heavy atom. The van der Waals surface area contributed by atoms with Gasteiger partial charge >= 0.3 is 0 Å². The lowest BCUT2D eigenvalue weighted by atomic mass is 10.1. The maximum atomic E-state index is 3.78. The Morgan fingerprint density at radius 3 is 3.00 bits per heavy atom. The quantitative estimate of drug-likeness (QED) is 0.544. The molecule has 2 N–H and O–H groups in total. The minimum atomic E-state index is 0.687. The van der Waals surface area contributed by atoms with Crippen LogP contribution < -0.4 is 10.9 Å². The van der Waals surface area contributed by atoms with Crippen LogP contribution in [0.2, 0.25) is 0 Å². The van der Waals surface area contributed by atoms with Crippen LogP contribution in [-0.2, 0) is 0 Å². The molecule has 1 unspecified atom stereocenters. The number of hydrazine groups is 1. The lowest BCUT2D eigenvalue weighted by Crippen LogP contribution is -2.29. The van der Waals surface area contributed by atoms with Crippen LogP contribution in [0.5, 0.6) is 0 Å². The van der Waals surface area contributed by atoms with Gasteiger partial charge < -0.3 is 0 Å². The first kappa shape index (κ1) is 6.05. The molecule has 0 bridgehead atoms. The third-order valence-corrected chi connectivity index (χ3v) is 1.48. The highest BCUT2D eigenvalue weighted by Gasteiger charge is 2.10. The van der Waals surface area contributed by atoms with Crippen LogP contribution in [0.4, 0.5) is 0 Å². The summed E-state index contributed by atoms with van der Waals surface area (Å²) in [7, 11) is 0. The van der Waals surface area contributed by atoms with Gasteiger partial charge in [-0.05, 0) is 12.8 Å². The molecule has 0 aliphatic carbocycles. The summed E-state index contributed by atoms with van der Waals surface area (Å²) in [6.07, 6.45) is 3.50. The van der Waals surface area contributed by atoms with Gasteiger partial charge in [0.2, 0.25) is 0 Å². The van der Waals surface area contributed by atoms with Crippen LogP contribution >= 0.6 is 0 Å². The second-order valence-electron chi connectivity index (χ2n) is 2.20. The van der Waals surface area contributed by atoms with Gasteiger partial charge in [0.1, 0.15) is 0 Å². The fraction of sp³-hybridized carbons (Fsp3) is 0.833. The highest BCUT2D eigenvalue weighted by Crippen LogP contribution is 2.02. The first-order valence-electron chi connectivity index (χ1n) is 3.21. The third-order valence-electron chi connectivity index (χ3n) is 1.48. The van der Waals surface area contributed by atoms with E-state index < -0.39 is 0 Å². The van der Waals surface area contributed by atoms with Gasteiger partial charge in [-0.2, -0.15) is 0 Å². The van der Waals surface area contributed by atoms with E-state index in [2.05, 4.69) is 17.8 Å². The van der Waals surface area contributed by atoms with Crippen molar-refractivity contribution < 1.29 is 0 Å². The first-order valence-corrected chi connectivity index (χ1v) is 3.21. The van der Waals surface area contributed by atoms with Crippen molar-refractivity contribution >= 4 is 0 Å². The predicted molar refractivity (Wildman–Crippen MR) is 34.1 cm³/mol. The Hall–Kier alpha value is -0.0800. The summed E-state index contributed by atoms with van der Waals surface area (Å²) in [6.45, 7) is 4.90. The number of hydrogen-bond donors (Lipinski definition) is 2. The van der Waals surface area contributed by atoms with Gasteiger partial charge in [-0.15, -0.1) is 0 Å². The molecule has 0 spiro atoms. The normalized spacial score (nSPS) is 28.9. The number of rotatable bonds is 2. The van der Waals surface area contributed by atoms with Gasteiger partial charge in [0.05, 0.1) is 0 Å². The molecule has 1 heterocycles. The van der Waals surface area contributed by atoms with Crippen LogP contribution in [0.1, 0.15) is 19.3 Å². The van der Waals surface area contributed by atoms with E-state index in [1.807, 2.05) is 0 Å². The minimum Gasteiger partial charge on any atom is -0.258 e. The van der Waals surface area contributed by atoms with Gasteiger partial charge in [-0.1, -0.05) is 13.3 Å². The molecule has 1 saturated heterocycles. The Bertz CT molecular complexity index is 57.5. The zero-order valence-corrected chi connectivity index (χ0v) is 5.11. The zero-order valence-electron chi connectivity index (χ0n) is 5.11. The SMILES string of the molecule is [CH2]CCC1CCNN1. The summed E-state index contributed by atoms with van der Waals surface area (Å²) in [5, 5.41) is 0. The highest BCUT2D eigenvalue weighted by atomic mass is 15.4. The summed E-state index contributed by atoms with van der Waals surface area (Å²) in [5.41, 5.74) is 6.25. The summed E-state index contributed by atoms with van der Waals surface area (Å²) >= 11 is 0. The molecule has 0 aromatic carbocycles. The van der Waals surface area contributed by atoms with Crippen LogP contribution in [0, 0.1) is 6.92 Å². The smallest absolute Gasteiger partial charge is 0.0225 e. The Kier molecular flexibility index (Phi) is 2.30. The Labute approximate surface area is 50.6 Å². The van der Waals surface area contributed by atoms with E-state index in [9.17, 15) is 0 Å².